The number of anilines is 2. The fraction of sp³-hybridized carbons (Fsp3) is 0.440. The van der Waals surface area contributed by atoms with Crippen molar-refractivity contribution in [3.63, 3.8) is 0 Å². The van der Waals surface area contributed by atoms with Crippen molar-refractivity contribution >= 4 is 28.7 Å². The fourth-order valence-electron chi connectivity index (χ4n) is 4.95. The maximum absolute atomic E-state index is 11.9. The fourth-order valence-corrected chi connectivity index (χ4v) is 4.95. The number of ether oxygens (including phenoxy) is 2. The summed E-state index contributed by atoms with van der Waals surface area (Å²) in [7, 11) is 0. The van der Waals surface area contributed by atoms with Gasteiger partial charge in [-0.05, 0) is 43.7 Å². The third kappa shape index (κ3) is 3.65. The third-order valence-corrected chi connectivity index (χ3v) is 6.88. The zero-order valence-corrected chi connectivity index (χ0v) is 19.5. The van der Waals surface area contributed by atoms with Gasteiger partial charge in [-0.15, -0.1) is 0 Å². The Morgan fingerprint density at radius 3 is 2.47 bits per heavy atom. The molecule has 1 N–H and O–H groups in total. The van der Waals surface area contributed by atoms with E-state index in [-0.39, 0.29) is 18.0 Å². The molecule has 0 saturated carbocycles. The molecule has 2 aromatic heterocycles. The number of benzene rings is 1. The van der Waals surface area contributed by atoms with E-state index in [1.165, 1.54) is 0 Å². The lowest BCUT2D eigenvalue weighted by atomic mass is 10.0. The smallest absolute Gasteiger partial charge is 0.251 e. The first-order chi connectivity index (χ1) is 16.6. The maximum atomic E-state index is 11.9. The van der Waals surface area contributed by atoms with E-state index in [9.17, 15) is 4.79 Å². The minimum atomic E-state index is -0.0192. The van der Waals surface area contributed by atoms with Crippen LogP contribution in [0.3, 0.4) is 0 Å². The van der Waals surface area contributed by atoms with Gasteiger partial charge in [0.15, 0.2) is 5.65 Å². The predicted molar refractivity (Wildman–Crippen MR) is 129 cm³/mol. The second kappa shape index (κ2) is 8.48. The molecule has 2 fully saturated rings. The van der Waals surface area contributed by atoms with Crippen LogP contribution < -0.4 is 15.1 Å². The van der Waals surface area contributed by atoms with Gasteiger partial charge in [0.1, 0.15) is 5.82 Å². The lowest BCUT2D eigenvalue weighted by molar-refractivity contribution is 0.0965. The van der Waals surface area contributed by atoms with E-state index in [2.05, 4.69) is 35.0 Å². The zero-order valence-electron chi connectivity index (χ0n) is 19.5. The van der Waals surface area contributed by atoms with E-state index in [4.69, 9.17) is 24.4 Å². The summed E-state index contributed by atoms with van der Waals surface area (Å²) >= 11 is 0. The summed E-state index contributed by atoms with van der Waals surface area (Å²) in [5.74, 6) is 1.57. The van der Waals surface area contributed by atoms with Gasteiger partial charge in [0.05, 0.1) is 49.6 Å². The van der Waals surface area contributed by atoms with Gasteiger partial charge < -0.3 is 24.6 Å². The van der Waals surface area contributed by atoms with Gasteiger partial charge in [0.2, 0.25) is 5.95 Å². The monoisotopic (exact) mass is 460 g/mol. The molecule has 3 aromatic rings. The zero-order chi connectivity index (χ0) is 23.2. The lowest BCUT2D eigenvalue weighted by Gasteiger charge is -2.37. The first-order valence-electron chi connectivity index (χ1n) is 11.9. The van der Waals surface area contributed by atoms with Crippen LogP contribution in [0.1, 0.15) is 29.8 Å². The number of amides is 1. The highest BCUT2D eigenvalue weighted by Crippen LogP contribution is 2.32. The Morgan fingerprint density at radius 2 is 1.71 bits per heavy atom. The summed E-state index contributed by atoms with van der Waals surface area (Å²) in [5.41, 5.74) is 4.20. The molecule has 34 heavy (non-hydrogen) atoms. The molecule has 5 heterocycles. The molecular formula is C25H28N6O3. The van der Waals surface area contributed by atoms with Gasteiger partial charge in [-0.1, -0.05) is 6.07 Å². The second-order valence-corrected chi connectivity index (χ2v) is 9.20. The number of pyridine rings is 1. The highest BCUT2D eigenvalue weighted by molar-refractivity contribution is 5.99. The number of aromatic nitrogens is 3. The van der Waals surface area contributed by atoms with E-state index < -0.39 is 0 Å². The van der Waals surface area contributed by atoms with E-state index >= 15 is 0 Å². The van der Waals surface area contributed by atoms with Crippen molar-refractivity contribution in [3.8, 4) is 11.3 Å². The van der Waals surface area contributed by atoms with Crippen LogP contribution in [0.4, 0.5) is 11.8 Å². The Kier molecular flexibility index (Phi) is 5.30. The summed E-state index contributed by atoms with van der Waals surface area (Å²) in [5, 5.41) is 3.81. The van der Waals surface area contributed by atoms with E-state index in [1.807, 2.05) is 24.3 Å². The number of carbonyl (C=O) groups excluding carboxylic acids is 1. The topological polar surface area (TPSA) is 92.7 Å². The Labute approximate surface area is 198 Å². The number of rotatable bonds is 3. The molecule has 1 aromatic carbocycles. The van der Waals surface area contributed by atoms with Crippen LogP contribution in [0.25, 0.3) is 22.3 Å². The van der Waals surface area contributed by atoms with Gasteiger partial charge in [0.25, 0.3) is 5.91 Å². The SMILES string of the molecule is C[C@H]1COCCN1c1nc(N2CCOC[C@@H]2C)c2ccc(-c3ccc4c(c3)CNC4=O)nc2n1. The molecule has 0 unspecified atom stereocenters. The summed E-state index contributed by atoms with van der Waals surface area (Å²) in [4.78, 5) is 31.4. The molecule has 2 saturated heterocycles. The molecule has 9 heteroatoms. The second-order valence-electron chi connectivity index (χ2n) is 9.20. The first-order valence-corrected chi connectivity index (χ1v) is 11.9. The quantitative estimate of drug-likeness (QED) is 0.637. The molecule has 9 nitrogen and oxygen atoms in total. The molecule has 1 amide bonds. The average molecular weight is 461 g/mol. The van der Waals surface area contributed by atoms with Gasteiger partial charge in [-0.3, -0.25) is 4.79 Å². The van der Waals surface area contributed by atoms with Crippen LogP contribution in [0.2, 0.25) is 0 Å². The van der Waals surface area contributed by atoms with E-state index in [0.717, 1.165) is 46.7 Å². The number of nitrogens with one attached hydrogen (secondary N) is 1. The highest BCUT2D eigenvalue weighted by atomic mass is 16.5. The van der Waals surface area contributed by atoms with Crippen LogP contribution in [-0.4, -0.2) is 72.5 Å². The van der Waals surface area contributed by atoms with Crippen molar-refractivity contribution < 1.29 is 14.3 Å². The molecule has 3 aliphatic rings. The maximum Gasteiger partial charge on any atom is 0.251 e. The lowest BCUT2D eigenvalue weighted by Crippen LogP contribution is -2.46. The Hall–Kier alpha value is -3.30. The Bertz CT molecular complexity index is 1260. The molecule has 0 aliphatic carbocycles. The largest absolute Gasteiger partial charge is 0.377 e. The van der Waals surface area contributed by atoms with Crippen LogP contribution in [-0.2, 0) is 16.0 Å². The number of nitrogens with zero attached hydrogens (tertiary/aromatic N) is 5. The number of hydrogen-bond donors (Lipinski definition) is 1. The molecule has 2 atom stereocenters. The molecular weight excluding hydrogens is 432 g/mol. The van der Waals surface area contributed by atoms with Crippen LogP contribution in [0.5, 0.6) is 0 Å². The number of morpholine rings is 2. The Balaban J connectivity index is 1.47. The van der Waals surface area contributed by atoms with Gasteiger partial charge in [0, 0.05) is 30.8 Å². The number of fused-ring (bicyclic) bond motifs is 2. The Morgan fingerprint density at radius 1 is 0.941 bits per heavy atom. The molecule has 6 rings (SSSR count). The summed E-state index contributed by atoms with van der Waals surface area (Å²) in [6, 6.07) is 10.4. The van der Waals surface area contributed by atoms with E-state index in [1.54, 1.807) is 0 Å². The molecule has 0 spiro atoms. The van der Waals surface area contributed by atoms with Crippen LogP contribution in [0.15, 0.2) is 30.3 Å². The van der Waals surface area contributed by atoms with Crippen molar-refractivity contribution in [1.82, 2.24) is 20.3 Å². The molecule has 0 bridgehead atoms. The summed E-state index contributed by atoms with van der Waals surface area (Å²) in [6.07, 6.45) is 0. The number of hydrogen-bond acceptors (Lipinski definition) is 8. The van der Waals surface area contributed by atoms with Crippen molar-refractivity contribution in [2.24, 2.45) is 0 Å². The van der Waals surface area contributed by atoms with E-state index in [0.29, 0.717) is 44.6 Å². The van der Waals surface area contributed by atoms with Crippen molar-refractivity contribution in [1.29, 1.82) is 0 Å². The van der Waals surface area contributed by atoms with Crippen molar-refractivity contribution in [2.75, 3.05) is 49.3 Å². The van der Waals surface area contributed by atoms with Gasteiger partial charge in [-0.2, -0.15) is 9.97 Å². The summed E-state index contributed by atoms with van der Waals surface area (Å²) in [6.45, 7) is 9.02. The highest BCUT2D eigenvalue weighted by Gasteiger charge is 2.27. The summed E-state index contributed by atoms with van der Waals surface area (Å²) < 4.78 is 11.3. The normalized spacial score (nSPS) is 22.7. The third-order valence-electron chi connectivity index (χ3n) is 6.88. The van der Waals surface area contributed by atoms with Crippen LogP contribution in [0, 0.1) is 0 Å². The minimum Gasteiger partial charge on any atom is -0.377 e. The van der Waals surface area contributed by atoms with Crippen molar-refractivity contribution in [3.05, 3.63) is 41.5 Å². The van der Waals surface area contributed by atoms with Crippen molar-refractivity contribution in [2.45, 2.75) is 32.5 Å². The van der Waals surface area contributed by atoms with Gasteiger partial charge >= 0.3 is 0 Å². The number of carbonyl (C=O) groups is 1. The van der Waals surface area contributed by atoms with Crippen LogP contribution >= 0.6 is 0 Å². The molecule has 3 aliphatic heterocycles. The average Bonchev–Trinajstić information content (AvgIpc) is 3.23. The standard InChI is InChI=1S/C25H28N6O3/c1-15-13-33-9-7-30(15)23-20-5-6-21(17-3-4-19-18(11-17)12-26-24(19)32)27-22(20)28-25(29-23)31-8-10-34-14-16(31)2/h3-6,11,15-16H,7-10,12-14H2,1-2H3,(H,26,32)/t15-,16-/m0/s1. The first kappa shape index (κ1) is 21.2. The van der Waals surface area contributed by atoms with Gasteiger partial charge in [-0.25, -0.2) is 4.98 Å². The molecule has 0 radical (unpaired) electrons. The predicted octanol–water partition coefficient (Wildman–Crippen LogP) is 2.39. The minimum absolute atomic E-state index is 0.0192. The molecule has 176 valence electrons.